The van der Waals surface area contributed by atoms with Gasteiger partial charge in [-0.3, -0.25) is 14.9 Å². The molecule has 5 heteroatoms. The van der Waals surface area contributed by atoms with Crippen molar-refractivity contribution in [1.82, 2.24) is 16.0 Å². The summed E-state index contributed by atoms with van der Waals surface area (Å²) in [6.07, 6.45) is 0. The number of hydrogen-bond acceptors (Lipinski definition) is 3. The molecule has 5 nitrogen and oxygen atoms in total. The van der Waals surface area contributed by atoms with Crippen molar-refractivity contribution in [3.63, 3.8) is 0 Å². The SMILES string of the molecule is CNC(=O)CNC(=O)CN[C@H](c1ccccc1)c1ccc(C)cc1. The molecule has 1 atom stereocenters. The Morgan fingerprint density at radius 1 is 0.875 bits per heavy atom. The summed E-state index contributed by atoms with van der Waals surface area (Å²) in [7, 11) is 1.54. The van der Waals surface area contributed by atoms with Gasteiger partial charge in [0.1, 0.15) is 0 Å². The van der Waals surface area contributed by atoms with Gasteiger partial charge in [0.05, 0.1) is 19.1 Å². The molecule has 0 aliphatic heterocycles. The highest BCUT2D eigenvalue weighted by molar-refractivity contribution is 5.85. The van der Waals surface area contributed by atoms with Crippen LogP contribution < -0.4 is 16.0 Å². The zero-order valence-corrected chi connectivity index (χ0v) is 14.0. The van der Waals surface area contributed by atoms with Crippen molar-refractivity contribution in [2.75, 3.05) is 20.1 Å². The summed E-state index contributed by atoms with van der Waals surface area (Å²) >= 11 is 0. The van der Waals surface area contributed by atoms with Crippen molar-refractivity contribution in [3.8, 4) is 0 Å². The summed E-state index contributed by atoms with van der Waals surface area (Å²) in [5.74, 6) is -0.437. The first-order valence-electron chi connectivity index (χ1n) is 7.92. The van der Waals surface area contributed by atoms with E-state index in [0.29, 0.717) is 0 Å². The zero-order chi connectivity index (χ0) is 17.4. The van der Waals surface area contributed by atoms with E-state index in [1.807, 2.05) is 37.3 Å². The number of carbonyl (C=O) groups excluding carboxylic acids is 2. The van der Waals surface area contributed by atoms with Crippen LogP contribution in [0.3, 0.4) is 0 Å². The summed E-state index contributed by atoms with van der Waals surface area (Å²) in [6, 6.07) is 18.1. The van der Waals surface area contributed by atoms with Gasteiger partial charge in [-0.2, -0.15) is 0 Å². The van der Waals surface area contributed by atoms with Crippen LogP contribution >= 0.6 is 0 Å². The van der Waals surface area contributed by atoms with Crippen LogP contribution in [0.2, 0.25) is 0 Å². The Morgan fingerprint density at radius 3 is 2.12 bits per heavy atom. The van der Waals surface area contributed by atoms with Crippen molar-refractivity contribution in [2.45, 2.75) is 13.0 Å². The lowest BCUT2D eigenvalue weighted by Gasteiger charge is -2.20. The van der Waals surface area contributed by atoms with E-state index in [-0.39, 0.29) is 30.9 Å². The predicted octanol–water partition coefficient (Wildman–Crippen LogP) is 1.54. The number of amides is 2. The topological polar surface area (TPSA) is 70.2 Å². The molecule has 2 aromatic rings. The van der Waals surface area contributed by atoms with Crippen LogP contribution in [-0.4, -0.2) is 32.0 Å². The maximum absolute atomic E-state index is 11.9. The molecule has 2 rings (SSSR count). The van der Waals surface area contributed by atoms with Crippen molar-refractivity contribution in [1.29, 1.82) is 0 Å². The first kappa shape index (κ1) is 17.7. The number of nitrogens with one attached hydrogen (secondary N) is 3. The molecule has 0 spiro atoms. The quantitative estimate of drug-likeness (QED) is 0.723. The van der Waals surface area contributed by atoms with Gasteiger partial charge in [-0.1, -0.05) is 60.2 Å². The molecule has 0 saturated heterocycles. The normalized spacial score (nSPS) is 11.6. The fourth-order valence-electron chi connectivity index (χ4n) is 2.36. The summed E-state index contributed by atoms with van der Waals surface area (Å²) < 4.78 is 0. The number of likely N-dealkylation sites (N-methyl/N-ethyl adjacent to an activating group) is 1. The standard InChI is InChI=1S/C19H23N3O2/c1-14-8-10-16(11-9-14)19(15-6-4-3-5-7-15)22-13-18(24)21-12-17(23)20-2/h3-11,19,22H,12-13H2,1-2H3,(H,20,23)(H,21,24)/t19-/m1/s1. The molecule has 2 aromatic carbocycles. The van der Waals surface area contributed by atoms with Gasteiger partial charge >= 0.3 is 0 Å². The molecule has 0 bridgehead atoms. The molecule has 0 radical (unpaired) electrons. The molecule has 24 heavy (non-hydrogen) atoms. The summed E-state index contributed by atoms with van der Waals surface area (Å²) in [5, 5.41) is 8.32. The zero-order valence-electron chi connectivity index (χ0n) is 14.0. The van der Waals surface area contributed by atoms with Gasteiger partial charge in [-0.05, 0) is 18.1 Å². The Balaban J connectivity index is 2.05. The monoisotopic (exact) mass is 325 g/mol. The van der Waals surface area contributed by atoms with Gasteiger partial charge in [-0.25, -0.2) is 0 Å². The highest BCUT2D eigenvalue weighted by atomic mass is 16.2. The van der Waals surface area contributed by atoms with E-state index in [2.05, 4.69) is 40.2 Å². The van der Waals surface area contributed by atoms with Crippen LogP contribution in [0.4, 0.5) is 0 Å². The molecule has 2 amide bonds. The largest absolute Gasteiger partial charge is 0.358 e. The van der Waals surface area contributed by atoms with E-state index < -0.39 is 0 Å². The Morgan fingerprint density at radius 2 is 1.50 bits per heavy atom. The van der Waals surface area contributed by atoms with E-state index in [0.717, 1.165) is 11.1 Å². The Labute approximate surface area is 142 Å². The Kier molecular flexibility index (Phi) is 6.51. The highest BCUT2D eigenvalue weighted by Crippen LogP contribution is 2.22. The number of rotatable bonds is 7. The third-order valence-electron chi connectivity index (χ3n) is 3.74. The van der Waals surface area contributed by atoms with Gasteiger partial charge in [0.2, 0.25) is 11.8 Å². The highest BCUT2D eigenvalue weighted by Gasteiger charge is 2.15. The Hall–Kier alpha value is -2.66. The van der Waals surface area contributed by atoms with Gasteiger partial charge in [0.25, 0.3) is 0 Å². The molecule has 0 saturated carbocycles. The van der Waals surface area contributed by atoms with E-state index >= 15 is 0 Å². The fraction of sp³-hybridized carbons (Fsp3) is 0.263. The first-order chi connectivity index (χ1) is 11.6. The van der Waals surface area contributed by atoms with E-state index in [1.165, 1.54) is 12.6 Å². The minimum absolute atomic E-state index is 0.0163. The molecule has 3 N–H and O–H groups in total. The average molecular weight is 325 g/mol. The van der Waals surface area contributed by atoms with E-state index in [1.54, 1.807) is 0 Å². The molecule has 0 unspecified atom stereocenters. The number of hydrogen-bond donors (Lipinski definition) is 3. The lowest BCUT2D eigenvalue weighted by atomic mass is 9.98. The van der Waals surface area contributed by atoms with Gasteiger partial charge in [-0.15, -0.1) is 0 Å². The molecule has 0 aliphatic rings. The number of aryl methyl sites for hydroxylation is 1. The van der Waals surface area contributed by atoms with E-state index in [4.69, 9.17) is 0 Å². The first-order valence-corrected chi connectivity index (χ1v) is 7.92. The van der Waals surface area contributed by atoms with E-state index in [9.17, 15) is 9.59 Å². The Bertz CT molecular complexity index is 669. The lowest BCUT2D eigenvalue weighted by Crippen LogP contribution is -2.40. The third-order valence-corrected chi connectivity index (χ3v) is 3.74. The third kappa shape index (κ3) is 5.21. The van der Waals surface area contributed by atoms with Crippen LogP contribution in [0, 0.1) is 6.92 Å². The fourth-order valence-corrected chi connectivity index (χ4v) is 2.36. The van der Waals surface area contributed by atoms with Crippen molar-refractivity contribution >= 4 is 11.8 Å². The summed E-state index contributed by atoms with van der Waals surface area (Å²) in [4.78, 5) is 23.1. The number of benzene rings is 2. The van der Waals surface area contributed by atoms with Gasteiger partial charge < -0.3 is 10.6 Å². The van der Waals surface area contributed by atoms with Crippen LogP contribution in [0.1, 0.15) is 22.7 Å². The number of carbonyl (C=O) groups is 2. The smallest absolute Gasteiger partial charge is 0.239 e. The van der Waals surface area contributed by atoms with Crippen molar-refractivity contribution in [3.05, 3.63) is 71.3 Å². The second kappa shape index (κ2) is 8.84. The molecule has 0 heterocycles. The molecule has 126 valence electrons. The maximum atomic E-state index is 11.9. The van der Waals surface area contributed by atoms with Crippen molar-refractivity contribution in [2.24, 2.45) is 0 Å². The summed E-state index contributed by atoms with van der Waals surface area (Å²) in [5.41, 5.74) is 3.36. The minimum Gasteiger partial charge on any atom is -0.358 e. The van der Waals surface area contributed by atoms with Crippen LogP contribution in [0.5, 0.6) is 0 Å². The van der Waals surface area contributed by atoms with Gasteiger partial charge in [0, 0.05) is 7.05 Å². The van der Waals surface area contributed by atoms with Crippen LogP contribution in [0.25, 0.3) is 0 Å². The lowest BCUT2D eigenvalue weighted by molar-refractivity contribution is -0.125. The molecule has 0 aromatic heterocycles. The predicted molar refractivity (Wildman–Crippen MR) is 94.5 cm³/mol. The summed E-state index contributed by atoms with van der Waals surface area (Å²) in [6.45, 7) is 2.16. The molecule has 0 aliphatic carbocycles. The maximum Gasteiger partial charge on any atom is 0.239 e. The average Bonchev–Trinajstić information content (AvgIpc) is 2.62. The van der Waals surface area contributed by atoms with Crippen LogP contribution in [-0.2, 0) is 9.59 Å². The molecule has 0 fully saturated rings. The molecular formula is C19H23N3O2. The second-order valence-electron chi connectivity index (χ2n) is 5.59. The van der Waals surface area contributed by atoms with Crippen molar-refractivity contribution < 1.29 is 9.59 Å². The second-order valence-corrected chi connectivity index (χ2v) is 5.59. The van der Waals surface area contributed by atoms with Gasteiger partial charge in [0.15, 0.2) is 0 Å². The molecular weight excluding hydrogens is 302 g/mol. The minimum atomic E-state index is -0.221. The van der Waals surface area contributed by atoms with Crippen LogP contribution in [0.15, 0.2) is 54.6 Å².